The quantitative estimate of drug-likeness (QED) is 0.197. The Kier molecular flexibility index (Phi) is 14.0. The molecule has 19 heteroatoms. The van der Waals surface area contributed by atoms with Gasteiger partial charge in [0.15, 0.2) is 23.1 Å². The number of piperazine rings is 2. The summed E-state index contributed by atoms with van der Waals surface area (Å²) >= 11 is 11.9. The van der Waals surface area contributed by atoms with Crippen molar-refractivity contribution in [3.8, 4) is 11.5 Å². The molecule has 2 fully saturated rings. The van der Waals surface area contributed by atoms with Crippen LogP contribution in [-0.4, -0.2) is 111 Å². The number of likely N-dealkylation sites (N-methyl/N-ethyl adjacent to an activating group) is 2. The van der Waals surface area contributed by atoms with E-state index < -0.39 is 23.6 Å². The second-order valence-corrected chi connectivity index (χ2v) is 18.0. The Hall–Kier alpha value is -5.58. The maximum atomic E-state index is 15.6. The Labute approximate surface area is 407 Å². The van der Waals surface area contributed by atoms with Crippen LogP contribution in [0.25, 0.3) is 21.8 Å². The summed E-state index contributed by atoms with van der Waals surface area (Å²) < 4.78 is 47.1. The number of aromatic nitrogens is 2. The molecule has 14 nitrogen and oxygen atoms in total. The van der Waals surface area contributed by atoms with Crippen LogP contribution < -0.4 is 40.2 Å². The first-order valence-electron chi connectivity index (χ1n) is 21.6. The summed E-state index contributed by atoms with van der Waals surface area (Å²) in [5.41, 5.74) is 2.86. The maximum absolute atomic E-state index is 15.6. The van der Waals surface area contributed by atoms with Crippen LogP contribution in [0.2, 0.25) is 10.0 Å². The molecule has 4 aliphatic rings. The van der Waals surface area contributed by atoms with Gasteiger partial charge in [0.05, 0.1) is 57.1 Å². The van der Waals surface area contributed by atoms with Gasteiger partial charge < -0.3 is 58.0 Å². The molecule has 2 atom stereocenters. The Balaban J connectivity index is 0.000000179. The third-order valence-electron chi connectivity index (χ3n) is 12.5. The summed E-state index contributed by atoms with van der Waals surface area (Å²) in [4.78, 5) is 41.6. The number of hydrogen-bond donors (Lipinski definition) is 0. The number of carboxylic acids is 2. The number of anilines is 2. The second-order valence-electron chi connectivity index (χ2n) is 17.1. The first-order chi connectivity index (χ1) is 31.7. The van der Waals surface area contributed by atoms with Gasteiger partial charge in [-0.15, -0.1) is 0 Å². The molecule has 0 saturated carbocycles. The fraction of sp³-hybridized carbons (Fsp3) is 0.333. The molecule has 2 unspecified atom stereocenters. The van der Waals surface area contributed by atoms with Gasteiger partial charge in [-0.1, -0.05) is 23.2 Å². The zero-order valence-corrected chi connectivity index (χ0v) is 41.9. The van der Waals surface area contributed by atoms with Crippen molar-refractivity contribution in [2.24, 2.45) is 9.98 Å². The van der Waals surface area contributed by atoms with E-state index in [1.807, 2.05) is 46.9 Å². The van der Waals surface area contributed by atoms with Crippen LogP contribution >= 0.6 is 23.2 Å². The van der Waals surface area contributed by atoms with Gasteiger partial charge in [0, 0.05) is 96.7 Å². The molecule has 0 N–H and O–H groups in total. The third kappa shape index (κ3) is 9.36. The van der Waals surface area contributed by atoms with E-state index in [0.29, 0.717) is 105 Å². The zero-order chi connectivity index (χ0) is 46.6. The standard InChI is InChI=1S/2C24H24ClFN4O3.Zn/c2*1-14-13-33-23-21-17(11-19(26)22(23)29-9-7-28(2)8-10-29)20(18(24(31)32)12-30(14)21)27-16-5-3-15(25)4-6-16;/h2*3-6,11-12,14H,7-10,13H2,1-2H3,(H,31,32);/q;;+2/p-2. The van der Waals surface area contributed by atoms with Crippen LogP contribution in [0.1, 0.15) is 46.6 Å². The van der Waals surface area contributed by atoms with Gasteiger partial charge >= 0.3 is 19.5 Å². The molecule has 0 radical (unpaired) electrons. The van der Waals surface area contributed by atoms with Crippen molar-refractivity contribution in [2.75, 3.05) is 89.5 Å². The number of ether oxygens (including phenoxy) is 2. The van der Waals surface area contributed by atoms with Crippen molar-refractivity contribution in [1.82, 2.24) is 18.9 Å². The molecule has 6 aromatic rings. The molecular formula is C48H46Cl2F2N8O6Zn. The largest absolute Gasteiger partial charge is 2.00 e. The number of carbonyl (C=O) groups excluding carboxylic acids is 2. The van der Waals surface area contributed by atoms with Gasteiger partial charge in [-0.3, -0.25) is 0 Å². The smallest absolute Gasteiger partial charge is 0.545 e. The second kappa shape index (κ2) is 19.6. The number of aromatic carboxylic acids is 2. The molecule has 2 aromatic heterocycles. The number of carbonyl (C=O) groups is 2. The number of carboxylic acid groups (broad SMARTS) is 2. The van der Waals surface area contributed by atoms with E-state index in [1.54, 1.807) is 48.5 Å². The first kappa shape index (κ1) is 47.9. The van der Waals surface area contributed by atoms with E-state index >= 15 is 8.78 Å². The van der Waals surface area contributed by atoms with E-state index in [9.17, 15) is 19.8 Å². The molecule has 0 amide bonds. The van der Waals surface area contributed by atoms with Crippen molar-refractivity contribution in [3.63, 3.8) is 0 Å². The average Bonchev–Trinajstić information content (AvgIpc) is 3.29. The van der Waals surface area contributed by atoms with Crippen molar-refractivity contribution in [1.29, 1.82) is 0 Å². The maximum Gasteiger partial charge on any atom is 2.00 e. The van der Waals surface area contributed by atoms with Gasteiger partial charge in [0.2, 0.25) is 0 Å². The number of rotatable bonds is 6. The fourth-order valence-electron chi connectivity index (χ4n) is 8.92. The van der Waals surface area contributed by atoms with Gasteiger partial charge in [-0.05, 0) is 88.6 Å². The summed E-state index contributed by atoms with van der Waals surface area (Å²) in [7, 11) is 4.08. The Morgan fingerprint density at radius 1 is 0.612 bits per heavy atom. The first-order valence-corrected chi connectivity index (χ1v) is 22.4. The topological polar surface area (TPSA) is 146 Å². The molecule has 2 saturated heterocycles. The minimum atomic E-state index is -1.38. The normalized spacial score (nSPS) is 18.8. The van der Waals surface area contributed by atoms with Crippen molar-refractivity contribution >= 4 is 79.7 Å². The molecule has 0 bridgehead atoms. The Bertz CT molecular complexity index is 2840. The van der Waals surface area contributed by atoms with Crippen LogP contribution in [-0.2, 0) is 19.5 Å². The number of nitrogens with zero attached hydrogens (tertiary/aromatic N) is 8. The number of pyridine rings is 2. The molecule has 4 aromatic carbocycles. The summed E-state index contributed by atoms with van der Waals surface area (Å²) in [6.45, 7) is 10.4. The average molecular weight is 1010 g/mol. The van der Waals surface area contributed by atoms with Crippen molar-refractivity contribution in [2.45, 2.75) is 25.9 Å². The monoisotopic (exact) mass is 1000 g/mol. The Morgan fingerprint density at radius 3 is 1.28 bits per heavy atom. The number of benzene rings is 4. The van der Waals surface area contributed by atoms with Gasteiger partial charge in [-0.25, -0.2) is 18.8 Å². The van der Waals surface area contributed by atoms with Crippen molar-refractivity contribution < 1.29 is 57.5 Å². The van der Waals surface area contributed by atoms with Crippen LogP contribution in [0.3, 0.4) is 0 Å². The number of hydrogen-bond acceptors (Lipinski definition) is 12. The molecule has 6 heterocycles. The van der Waals surface area contributed by atoms with Crippen LogP contribution in [0.5, 0.6) is 11.5 Å². The Morgan fingerprint density at radius 2 is 0.955 bits per heavy atom. The molecule has 10 rings (SSSR count). The summed E-state index contributed by atoms with van der Waals surface area (Å²) in [6.07, 6.45) is 3.05. The van der Waals surface area contributed by atoms with Gasteiger partial charge in [0.1, 0.15) is 24.6 Å². The van der Waals surface area contributed by atoms with E-state index in [0.717, 1.165) is 26.2 Å². The molecule has 344 valence electrons. The minimum absolute atomic E-state index is 0. The third-order valence-corrected chi connectivity index (χ3v) is 13.0. The van der Waals surface area contributed by atoms with Crippen LogP contribution in [0.4, 0.5) is 31.5 Å². The summed E-state index contributed by atoms with van der Waals surface area (Å²) in [6, 6.07) is 15.8. The van der Waals surface area contributed by atoms with Gasteiger partial charge in [-0.2, -0.15) is 0 Å². The predicted molar refractivity (Wildman–Crippen MR) is 246 cm³/mol. The van der Waals surface area contributed by atoms with E-state index in [1.165, 1.54) is 24.5 Å². The van der Waals surface area contributed by atoms with Crippen molar-refractivity contribution in [3.05, 3.63) is 117 Å². The number of halogens is 4. The summed E-state index contributed by atoms with van der Waals surface area (Å²) in [5, 5.41) is 26.2. The van der Waals surface area contributed by atoms with Crippen LogP contribution in [0.15, 0.2) is 83.0 Å². The van der Waals surface area contributed by atoms with E-state index in [2.05, 4.69) is 19.8 Å². The SMILES string of the molecule is CC1COc2c(N3CCN(C)CC3)c(F)cc3c(=Nc4ccc(Cl)cc4)c(C(=O)[O-])cn1c23.CC1COc2c(N3CCN(C)CC3)c(F)cc3c(=Nc4ccc(Cl)cc4)c(C(=O)[O-])cn1c23.[Zn+2]. The predicted octanol–water partition coefficient (Wildman–Crippen LogP) is 5.47. The molecule has 67 heavy (non-hydrogen) atoms. The molecular weight excluding hydrogens is 959 g/mol. The molecule has 0 spiro atoms. The zero-order valence-electron chi connectivity index (χ0n) is 37.4. The minimum Gasteiger partial charge on any atom is -0.545 e. The fourth-order valence-corrected chi connectivity index (χ4v) is 9.17. The summed E-state index contributed by atoms with van der Waals surface area (Å²) in [5.74, 6) is -2.85. The molecule has 0 aliphatic carbocycles. The molecule has 4 aliphatic heterocycles. The van der Waals surface area contributed by atoms with E-state index in [-0.39, 0.29) is 53.4 Å². The van der Waals surface area contributed by atoms with Crippen LogP contribution in [0, 0.1) is 11.6 Å². The van der Waals surface area contributed by atoms with Gasteiger partial charge in [0.25, 0.3) is 0 Å². The van der Waals surface area contributed by atoms with E-state index in [4.69, 9.17) is 32.7 Å².